The van der Waals surface area contributed by atoms with Crippen molar-refractivity contribution in [1.29, 1.82) is 0 Å². The predicted octanol–water partition coefficient (Wildman–Crippen LogP) is 1.71. The second-order valence-electron chi connectivity index (χ2n) is 5.21. The van der Waals surface area contributed by atoms with Crippen LogP contribution in [0.15, 0.2) is 91.0 Å². The van der Waals surface area contributed by atoms with Gasteiger partial charge in [0.1, 0.15) is 0 Å². The van der Waals surface area contributed by atoms with Crippen LogP contribution in [-0.4, -0.2) is 39.0 Å². The average Bonchev–Trinajstić information content (AvgIpc) is 2.57. The zero-order valence-electron chi connectivity index (χ0n) is 13.3. The van der Waals surface area contributed by atoms with Gasteiger partial charge >= 0.3 is 121 Å². The maximum absolute atomic E-state index is 9.19. The number of hydrogen-bond donors (Lipinski definition) is 1. The van der Waals surface area contributed by atoms with E-state index in [1.54, 1.807) is 0 Å². The number of rotatable bonds is 3. The molecule has 0 spiro atoms. The molecule has 123 valence electrons. The molecule has 0 aliphatic heterocycles. The topological polar surface area (TPSA) is 54.4 Å². The van der Waals surface area contributed by atoms with Crippen molar-refractivity contribution < 1.29 is 13.0 Å². The van der Waals surface area contributed by atoms with Crippen molar-refractivity contribution in [2.75, 3.05) is 6.26 Å². The van der Waals surface area contributed by atoms with Crippen molar-refractivity contribution in [1.82, 2.24) is 0 Å². The van der Waals surface area contributed by atoms with Crippen LogP contribution in [0.5, 0.6) is 0 Å². The van der Waals surface area contributed by atoms with Crippen LogP contribution >= 0.6 is 0 Å². The van der Waals surface area contributed by atoms with Gasteiger partial charge in [-0.2, -0.15) is 8.42 Å². The zero-order valence-corrected chi connectivity index (χ0v) is 17.0. The molecule has 0 unspecified atom stereocenters. The zero-order chi connectivity index (χ0) is 17.4. The Hall–Kier alpha value is -1.63. The van der Waals surface area contributed by atoms with Crippen molar-refractivity contribution in [3.05, 3.63) is 91.0 Å². The maximum atomic E-state index is 9.19. The summed E-state index contributed by atoms with van der Waals surface area (Å²) in [5.74, 6) is 0. The molecule has 0 fully saturated rings. The molecule has 5 heteroatoms. The van der Waals surface area contributed by atoms with Crippen LogP contribution in [0.1, 0.15) is 0 Å². The van der Waals surface area contributed by atoms with E-state index < -0.39 is 29.9 Å². The molecule has 1 N–H and O–H groups in total. The van der Waals surface area contributed by atoms with Crippen LogP contribution in [-0.2, 0) is 10.1 Å². The summed E-state index contributed by atoms with van der Waals surface area (Å²) in [5.41, 5.74) is 0. The summed E-state index contributed by atoms with van der Waals surface area (Å²) in [7, 11) is -3.67. The molecule has 1 radical (unpaired) electrons. The molecule has 0 saturated carbocycles. The van der Waals surface area contributed by atoms with Gasteiger partial charge in [0.15, 0.2) is 0 Å². The first-order valence-corrected chi connectivity index (χ1v) is 13.5. The van der Waals surface area contributed by atoms with Crippen molar-refractivity contribution in [3.8, 4) is 0 Å². The third-order valence-corrected chi connectivity index (χ3v) is 11.0. The fourth-order valence-corrected chi connectivity index (χ4v) is 9.67. The van der Waals surface area contributed by atoms with E-state index in [1.165, 1.54) is 10.7 Å². The van der Waals surface area contributed by atoms with Gasteiger partial charge in [0.2, 0.25) is 0 Å². The summed E-state index contributed by atoms with van der Waals surface area (Å²) in [5, 5.41) is 0. The van der Waals surface area contributed by atoms with Gasteiger partial charge < -0.3 is 0 Å². The van der Waals surface area contributed by atoms with E-state index in [4.69, 9.17) is 4.55 Å². The molecule has 0 atom stereocenters. The third-order valence-electron chi connectivity index (χ3n) is 3.19. The molecular formula is C19H19O3SSn. The van der Waals surface area contributed by atoms with Crippen LogP contribution in [0.2, 0.25) is 0 Å². The first kappa shape index (κ1) is 18.7. The molecule has 3 aromatic rings. The van der Waals surface area contributed by atoms with E-state index >= 15 is 0 Å². The first-order valence-electron chi connectivity index (χ1n) is 7.41. The Labute approximate surface area is 150 Å². The summed E-state index contributed by atoms with van der Waals surface area (Å²) in [6.45, 7) is 0. The fourth-order valence-electron chi connectivity index (χ4n) is 2.31. The van der Waals surface area contributed by atoms with Crippen molar-refractivity contribution in [2.24, 2.45) is 0 Å². The second kappa shape index (κ2) is 9.01. The number of benzene rings is 3. The van der Waals surface area contributed by atoms with Crippen molar-refractivity contribution in [3.63, 3.8) is 0 Å². The van der Waals surface area contributed by atoms with Crippen LogP contribution in [0.25, 0.3) is 0 Å². The fraction of sp³-hybridized carbons (Fsp3) is 0.0526. The Morgan fingerprint density at radius 1 is 0.625 bits per heavy atom. The van der Waals surface area contributed by atoms with Gasteiger partial charge in [-0.1, -0.05) is 0 Å². The van der Waals surface area contributed by atoms with E-state index in [9.17, 15) is 8.42 Å². The quantitative estimate of drug-likeness (QED) is 0.493. The van der Waals surface area contributed by atoms with Gasteiger partial charge in [-0.15, -0.1) is 0 Å². The predicted molar refractivity (Wildman–Crippen MR) is 101 cm³/mol. The first-order chi connectivity index (χ1) is 11.4. The van der Waals surface area contributed by atoms with Gasteiger partial charge in [0.05, 0.1) is 6.26 Å². The van der Waals surface area contributed by atoms with Gasteiger partial charge in [-0.05, 0) is 0 Å². The minimum atomic E-state index is -3.67. The van der Waals surface area contributed by atoms with Crippen LogP contribution in [0, 0.1) is 0 Å². The molecule has 0 saturated heterocycles. The molecule has 0 aromatic heterocycles. The summed E-state index contributed by atoms with van der Waals surface area (Å²) in [6, 6.07) is 32.9. The molecule has 0 amide bonds. The van der Waals surface area contributed by atoms with Crippen LogP contribution in [0.4, 0.5) is 0 Å². The van der Waals surface area contributed by atoms with E-state index in [0.29, 0.717) is 6.26 Å². The standard InChI is InChI=1S/3C6H5.CH4O3S.Sn/c3*1-2-4-6-5-3-1;1-5(2,3)4;/h3*1-5H;1H3,(H,2,3,4);. The van der Waals surface area contributed by atoms with Gasteiger partial charge in [-0.3, -0.25) is 4.55 Å². The van der Waals surface area contributed by atoms with E-state index in [-0.39, 0.29) is 0 Å². The van der Waals surface area contributed by atoms with Crippen molar-refractivity contribution >= 4 is 40.6 Å². The summed E-state index contributed by atoms with van der Waals surface area (Å²) >= 11 is -1.98. The Bertz CT molecular complexity index is 734. The van der Waals surface area contributed by atoms with Gasteiger partial charge in [0, 0.05) is 0 Å². The van der Waals surface area contributed by atoms with Gasteiger partial charge in [-0.25, -0.2) is 0 Å². The minimum absolute atomic E-state index is 0.715. The van der Waals surface area contributed by atoms with Crippen LogP contribution < -0.4 is 10.7 Å². The Morgan fingerprint density at radius 2 is 0.833 bits per heavy atom. The molecular weight excluding hydrogens is 427 g/mol. The molecule has 3 rings (SSSR count). The summed E-state index contributed by atoms with van der Waals surface area (Å²) in [4.78, 5) is 0. The molecule has 3 nitrogen and oxygen atoms in total. The van der Waals surface area contributed by atoms with Gasteiger partial charge in [0.25, 0.3) is 10.1 Å². The summed E-state index contributed by atoms with van der Waals surface area (Å²) < 4.78 is 30.5. The van der Waals surface area contributed by atoms with E-state index in [2.05, 4.69) is 91.0 Å². The second-order valence-corrected chi connectivity index (χ2v) is 13.8. The van der Waals surface area contributed by atoms with E-state index in [0.717, 1.165) is 0 Å². The monoisotopic (exact) mass is 447 g/mol. The summed E-state index contributed by atoms with van der Waals surface area (Å²) in [6.07, 6.45) is 0.715. The van der Waals surface area contributed by atoms with Crippen molar-refractivity contribution in [2.45, 2.75) is 0 Å². The average molecular weight is 446 g/mol. The third kappa shape index (κ3) is 6.47. The molecule has 24 heavy (non-hydrogen) atoms. The van der Waals surface area contributed by atoms with E-state index in [1.807, 2.05) is 0 Å². The normalized spacial score (nSPS) is 10.8. The molecule has 3 aromatic carbocycles. The molecule has 0 heterocycles. The Kier molecular flexibility index (Phi) is 7.02. The SMILES string of the molecule is CS(=O)(=O)O.c1cc[c]([Sn]([c]2ccccc2)[c]2ccccc2)cc1. The molecule has 0 bridgehead atoms. The van der Waals surface area contributed by atoms with Crippen LogP contribution in [0.3, 0.4) is 0 Å². The Balaban J connectivity index is 0.000000368. The number of hydrogen-bond acceptors (Lipinski definition) is 2. The molecule has 0 aliphatic carbocycles. The Morgan fingerprint density at radius 3 is 1.04 bits per heavy atom. The molecule has 0 aliphatic rings.